The number of halogens is 5. The Morgan fingerprint density at radius 2 is 1.82 bits per heavy atom. The summed E-state index contributed by atoms with van der Waals surface area (Å²) in [6.07, 6.45) is -3.84. The van der Waals surface area contributed by atoms with E-state index in [-0.39, 0.29) is 52.4 Å². The average Bonchev–Trinajstić information content (AvgIpc) is 2.72. The van der Waals surface area contributed by atoms with Gasteiger partial charge in [0.2, 0.25) is 11.3 Å². The molecule has 0 aliphatic carbocycles. The van der Waals surface area contributed by atoms with Gasteiger partial charge in [-0.15, -0.1) is 0 Å². The number of benzene rings is 1. The van der Waals surface area contributed by atoms with Crippen molar-refractivity contribution < 1.29 is 35.1 Å². The van der Waals surface area contributed by atoms with Gasteiger partial charge in [-0.1, -0.05) is 0 Å². The highest BCUT2D eigenvalue weighted by Crippen LogP contribution is 2.41. The minimum Gasteiger partial charge on any atom is -0.438 e. The van der Waals surface area contributed by atoms with Gasteiger partial charge in [0.1, 0.15) is 10.6 Å². The number of H-pyrrole nitrogens is 1. The molecule has 0 amide bonds. The monoisotopic (exact) mass is 500 g/mol. The Kier molecular flexibility index (Phi) is 5.75. The number of aryl methyl sites for hydroxylation is 1. The van der Waals surface area contributed by atoms with Gasteiger partial charge >= 0.3 is 6.18 Å². The summed E-state index contributed by atoms with van der Waals surface area (Å²) in [4.78, 5) is 18.8. The summed E-state index contributed by atoms with van der Waals surface area (Å²) >= 11 is 0. The van der Waals surface area contributed by atoms with Crippen molar-refractivity contribution in [1.29, 1.82) is 0 Å². The lowest BCUT2D eigenvalue weighted by Gasteiger charge is -2.20. The Morgan fingerprint density at radius 1 is 1.12 bits per heavy atom. The molecule has 180 valence electrons. The van der Waals surface area contributed by atoms with Crippen molar-refractivity contribution >= 4 is 9.84 Å². The number of nitrogens with one attached hydrogen (secondary N) is 1. The van der Waals surface area contributed by atoms with Crippen molar-refractivity contribution in [3.63, 3.8) is 0 Å². The van der Waals surface area contributed by atoms with E-state index in [1.807, 2.05) is 0 Å². The van der Waals surface area contributed by atoms with Crippen LogP contribution in [0.5, 0.6) is 11.6 Å². The van der Waals surface area contributed by atoms with Gasteiger partial charge in [-0.2, -0.15) is 13.2 Å². The predicted molar refractivity (Wildman–Crippen MR) is 112 cm³/mol. The van der Waals surface area contributed by atoms with Crippen molar-refractivity contribution in [3.05, 3.63) is 68.6 Å². The Morgan fingerprint density at radius 3 is 2.50 bits per heavy atom. The number of hydrogen-bond acceptors (Lipinski definition) is 5. The van der Waals surface area contributed by atoms with E-state index >= 15 is 0 Å². The van der Waals surface area contributed by atoms with E-state index in [1.165, 1.54) is 6.92 Å². The highest BCUT2D eigenvalue weighted by molar-refractivity contribution is 7.91. The van der Waals surface area contributed by atoms with Crippen LogP contribution in [0.2, 0.25) is 0 Å². The third-order valence-corrected chi connectivity index (χ3v) is 7.48. The van der Waals surface area contributed by atoms with Crippen LogP contribution in [0, 0.1) is 25.5 Å². The molecule has 1 aromatic carbocycles. The summed E-state index contributed by atoms with van der Waals surface area (Å²) in [6.45, 7) is 2.36. The molecule has 0 saturated carbocycles. The third-order valence-electron chi connectivity index (χ3n) is 5.58. The summed E-state index contributed by atoms with van der Waals surface area (Å²) in [5.41, 5.74) is -2.92. The molecule has 0 unspecified atom stereocenters. The molecule has 4 rings (SSSR count). The Labute approximate surface area is 190 Å². The molecule has 1 aliphatic rings. The maximum absolute atomic E-state index is 14.0. The number of fused-ring (bicyclic) bond motifs is 1. The van der Waals surface area contributed by atoms with Crippen LogP contribution in [0.4, 0.5) is 22.0 Å². The Hall–Kier alpha value is -3.28. The smallest absolute Gasteiger partial charge is 0.418 e. The summed E-state index contributed by atoms with van der Waals surface area (Å²) in [5, 5.41) is 0. The largest absolute Gasteiger partial charge is 0.438 e. The number of sulfone groups is 1. The molecule has 2 aromatic heterocycles. The van der Waals surface area contributed by atoms with Crippen molar-refractivity contribution in [2.24, 2.45) is 0 Å². The molecule has 0 atom stereocenters. The Balaban J connectivity index is 1.97. The Bertz CT molecular complexity index is 1480. The third kappa shape index (κ3) is 4.06. The van der Waals surface area contributed by atoms with Crippen molar-refractivity contribution in [2.75, 3.05) is 5.75 Å². The molecule has 1 N–H and O–H groups in total. The predicted octanol–water partition coefficient (Wildman–Crippen LogP) is 4.86. The van der Waals surface area contributed by atoms with Crippen LogP contribution >= 0.6 is 0 Å². The fourth-order valence-electron chi connectivity index (χ4n) is 3.90. The van der Waals surface area contributed by atoms with Gasteiger partial charge in [0.25, 0.3) is 0 Å². The zero-order valence-corrected chi connectivity index (χ0v) is 18.6. The number of ether oxygens (including phenoxy) is 1. The second-order valence-electron chi connectivity index (χ2n) is 7.84. The van der Waals surface area contributed by atoms with E-state index < -0.39 is 49.4 Å². The van der Waals surface area contributed by atoms with Crippen LogP contribution in [-0.4, -0.2) is 24.1 Å². The molecule has 0 saturated heterocycles. The number of pyridine rings is 2. The fourth-order valence-corrected chi connectivity index (χ4v) is 5.52. The molecule has 3 aromatic rings. The van der Waals surface area contributed by atoms with Crippen molar-refractivity contribution in [1.82, 2.24) is 9.97 Å². The summed E-state index contributed by atoms with van der Waals surface area (Å²) in [7, 11) is -3.83. The standard InChI is InChI=1S/C22H17F5N2O4S/c1-10-12(22(25,26)27)9-28-21(33-17-6-5-13(23)19(24)11(17)2)18(10)15-8-16(30)20-14(29-15)4-3-7-34(20,31)32/h5-6,8-9H,3-4,7H2,1-2H3,(H,29,30). The number of aromatic nitrogens is 2. The van der Waals surface area contributed by atoms with Gasteiger partial charge in [0.05, 0.1) is 22.6 Å². The molecule has 34 heavy (non-hydrogen) atoms. The van der Waals surface area contributed by atoms with Gasteiger partial charge in [0, 0.05) is 23.5 Å². The summed E-state index contributed by atoms with van der Waals surface area (Å²) < 4.78 is 98.5. The maximum atomic E-state index is 14.0. The van der Waals surface area contributed by atoms with Crippen molar-refractivity contribution in [3.8, 4) is 22.9 Å². The normalized spacial score (nSPS) is 15.1. The summed E-state index contributed by atoms with van der Waals surface area (Å²) in [6, 6.07) is 2.76. The van der Waals surface area contributed by atoms with Gasteiger partial charge in [-0.3, -0.25) is 4.79 Å². The van der Waals surface area contributed by atoms with E-state index in [0.29, 0.717) is 6.20 Å². The molecule has 0 bridgehead atoms. The number of aromatic amines is 1. The lowest BCUT2D eigenvalue weighted by atomic mass is 10.0. The van der Waals surface area contributed by atoms with Crippen LogP contribution in [0.3, 0.4) is 0 Å². The van der Waals surface area contributed by atoms with E-state index in [4.69, 9.17) is 4.74 Å². The molecule has 6 nitrogen and oxygen atoms in total. The van der Waals surface area contributed by atoms with E-state index in [9.17, 15) is 35.2 Å². The van der Waals surface area contributed by atoms with Crippen LogP contribution in [0.15, 0.2) is 34.1 Å². The lowest BCUT2D eigenvalue weighted by molar-refractivity contribution is -0.138. The van der Waals surface area contributed by atoms with Gasteiger partial charge in [-0.05, 0) is 44.4 Å². The molecule has 0 radical (unpaired) electrons. The average molecular weight is 500 g/mol. The zero-order valence-electron chi connectivity index (χ0n) is 17.8. The van der Waals surface area contributed by atoms with Crippen LogP contribution < -0.4 is 10.2 Å². The van der Waals surface area contributed by atoms with Crippen LogP contribution in [-0.2, 0) is 22.4 Å². The molecule has 0 spiro atoms. The molecule has 12 heteroatoms. The number of rotatable bonds is 3. The fraction of sp³-hybridized carbons (Fsp3) is 0.273. The van der Waals surface area contributed by atoms with Crippen molar-refractivity contribution in [2.45, 2.75) is 37.8 Å². The SMILES string of the molecule is Cc1c(Oc2ncc(C(F)(F)F)c(C)c2-c2cc(=O)c3c([nH]2)CCCS3(=O)=O)ccc(F)c1F. The number of hydrogen-bond donors (Lipinski definition) is 1. The molecule has 3 heterocycles. The molecule has 1 aliphatic heterocycles. The maximum Gasteiger partial charge on any atom is 0.418 e. The zero-order chi connectivity index (χ0) is 25.0. The lowest BCUT2D eigenvalue weighted by Crippen LogP contribution is -2.26. The second kappa shape index (κ2) is 8.19. The summed E-state index contributed by atoms with van der Waals surface area (Å²) in [5.74, 6) is -3.16. The first-order valence-corrected chi connectivity index (χ1v) is 11.6. The first-order valence-electron chi connectivity index (χ1n) is 10.00. The minimum absolute atomic E-state index is 0.0699. The molecule has 0 fully saturated rings. The van der Waals surface area contributed by atoms with Crippen LogP contribution in [0.25, 0.3) is 11.3 Å². The van der Waals surface area contributed by atoms with Crippen LogP contribution in [0.1, 0.15) is 28.8 Å². The highest BCUT2D eigenvalue weighted by Gasteiger charge is 2.36. The second-order valence-corrected chi connectivity index (χ2v) is 9.88. The van der Waals surface area contributed by atoms with Gasteiger partial charge in [-0.25, -0.2) is 22.2 Å². The minimum atomic E-state index is -4.79. The van der Waals surface area contributed by atoms with Gasteiger partial charge < -0.3 is 9.72 Å². The number of nitrogens with zero attached hydrogens (tertiary/aromatic N) is 1. The highest BCUT2D eigenvalue weighted by atomic mass is 32.2. The van der Waals surface area contributed by atoms with Gasteiger partial charge in [0.15, 0.2) is 21.5 Å². The quantitative estimate of drug-likeness (QED) is 0.519. The molecular weight excluding hydrogens is 483 g/mol. The topological polar surface area (TPSA) is 89.1 Å². The van der Waals surface area contributed by atoms with E-state index in [2.05, 4.69) is 9.97 Å². The molecular formula is C22H17F5N2O4S. The first-order chi connectivity index (χ1) is 15.8. The first kappa shape index (κ1) is 23.9. The van der Waals surface area contributed by atoms with E-state index in [1.54, 1.807) is 0 Å². The number of alkyl halides is 3. The van der Waals surface area contributed by atoms with E-state index in [0.717, 1.165) is 25.1 Å².